The Morgan fingerprint density at radius 2 is 1.13 bits per heavy atom. The minimum absolute atomic E-state index is 0.0118. The summed E-state index contributed by atoms with van der Waals surface area (Å²) < 4.78 is 39.8. The smallest absolute Gasteiger partial charge is 0.306 e. The molecule has 0 aromatic heterocycles. The van der Waals surface area contributed by atoms with E-state index < -0.39 is 98.5 Å². The average molecular weight is 679 g/mol. The second-order valence-corrected chi connectivity index (χ2v) is 13.9. The van der Waals surface area contributed by atoms with Gasteiger partial charge in [-0.3, -0.25) is 19.2 Å². The monoisotopic (exact) mass is 678 g/mol. The van der Waals surface area contributed by atoms with Crippen LogP contribution in [-0.2, 0) is 52.3 Å². The highest BCUT2D eigenvalue weighted by Gasteiger charge is 2.62. The minimum Gasteiger partial charge on any atom is -0.463 e. The molecule has 0 spiro atoms. The Balaban J connectivity index is 2.54. The highest BCUT2D eigenvalue weighted by atomic mass is 16.8. The first-order chi connectivity index (χ1) is 21.9. The minimum atomic E-state index is -2.40. The zero-order chi connectivity index (χ0) is 35.6. The Hall–Kier alpha value is -2.40. The molecule has 0 amide bonds. The molecule has 2 heterocycles. The highest BCUT2D eigenvalue weighted by molar-refractivity contribution is 5.71. The molecule has 2 fully saturated rings. The number of aliphatic hydroxyl groups excluding tert-OH is 4. The molecular weight excluding hydrogens is 624 g/mol. The second kappa shape index (κ2) is 18.4. The van der Waals surface area contributed by atoms with Gasteiger partial charge in [-0.2, -0.15) is 0 Å². The lowest BCUT2D eigenvalue weighted by Gasteiger charge is -2.44. The normalized spacial score (nSPS) is 31.0. The predicted octanol–water partition coefficient (Wildman–Crippen LogP) is 0.992. The van der Waals surface area contributed by atoms with Gasteiger partial charge in [0.15, 0.2) is 18.3 Å². The molecule has 2 aliphatic rings. The first kappa shape index (κ1) is 40.8. The summed E-state index contributed by atoms with van der Waals surface area (Å²) in [6.45, 7) is 12.2. The summed E-state index contributed by atoms with van der Waals surface area (Å²) in [5, 5.41) is 43.1. The lowest BCUT2D eigenvalue weighted by molar-refractivity contribution is -0.384. The average Bonchev–Trinajstić information content (AvgIpc) is 3.19. The fourth-order valence-electron chi connectivity index (χ4n) is 5.05. The Bertz CT molecular complexity index is 1030. The van der Waals surface area contributed by atoms with Gasteiger partial charge >= 0.3 is 23.9 Å². The molecule has 0 saturated carbocycles. The molecule has 15 nitrogen and oxygen atoms in total. The van der Waals surface area contributed by atoms with E-state index in [0.29, 0.717) is 0 Å². The topological polar surface area (TPSA) is 214 Å². The van der Waals surface area contributed by atoms with Gasteiger partial charge < -0.3 is 53.6 Å². The molecule has 0 aromatic carbocycles. The van der Waals surface area contributed by atoms with Crippen molar-refractivity contribution in [3.63, 3.8) is 0 Å². The van der Waals surface area contributed by atoms with E-state index in [1.807, 2.05) is 13.8 Å². The maximum Gasteiger partial charge on any atom is 0.306 e. The molecule has 0 bridgehead atoms. The van der Waals surface area contributed by atoms with Gasteiger partial charge in [-0.15, -0.1) is 0 Å². The van der Waals surface area contributed by atoms with Crippen molar-refractivity contribution in [2.24, 2.45) is 23.7 Å². The molecule has 15 heteroatoms. The number of hydrogen-bond acceptors (Lipinski definition) is 15. The molecule has 0 radical (unpaired) electrons. The third-order valence-corrected chi connectivity index (χ3v) is 7.30. The van der Waals surface area contributed by atoms with Crippen LogP contribution in [0.5, 0.6) is 0 Å². The van der Waals surface area contributed by atoms with E-state index in [1.54, 1.807) is 41.5 Å². The van der Waals surface area contributed by atoms with E-state index in [0.717, 1.165) is 0 Å². The lowest BCUT2D eigenvalue weighted by Crippen LogP contribution is -2.64. The molecule has 2 aliphatic heterocycles. The van der Waals surface area contributed by atoms with Crippen molar-refractivity contribution in [1.29, 1.82) is 0 Å². The van der Waals surface area contributed by atoms with Crippen LogP contribution < -0.4 is 0 Å². The van der Waals surface area contributed by atoms with Crippen LogP contribution in [0.15, 0.2) is 0 Å². The van der Waals surface area contributed by atoms with E-state index in [2.05, 4.69) is 0 Å². The number of carbonyl (C=O) groups excluding carboxylic acids is 4. The standard InChI is InChI=1S/C32H54O15/c1-16(2)9-22(34)41-14-21-28(44-24(36)11-18(5)6)30(40)32(46-21,15-42-23(35)10-17(3)4)47-31-29(45-25(37)12-19(7)8)27(39)26(38)20(13-33)43-31/h16-21,26-31,33,38-40H,9-15H2,1-8H3/t20-,21-,26-,27+,28-,29-,30+,31-,32+/m1/s1. The summed E-state index contributed by atoms with van der Waals surface area (Å²) in [6.07, 6.45) is -13.3. The lowest BCUT2D eigenvalue weighted by atomic mass is 9.98. The van der Waals surface area contributed by atoms with Gasteiger partial charge in [0.1, 0.15) is 37.6 Å². The zero-order valence-electron chi connectivity index (χ0n) is 28.7. The number of carbonyl (C=O) groups is 4. The third-order valence-electron chi connectivity index (χ3n) is 7.30. The van der Waals surface area contributed by atoms with Gasteiger partial charge in [-0.05, 0) is 23.7 Å². The first-order valence-electron chi connectivity index (χ1n) is 16.2. The number of esters is 4. The number of aliphatic hydroxyl groups is 4. The van der Waals surface area contributed by atoms with Crippen molar-refractivity contribution in [2.75, 3.05) is 19.8 Å². The summed E-state index contributed by atoms with van der Waals surface area (Å²) in [5.41, 5.74) is 0. The van der Waals surface area contributed by atoms with Crippen LogP contribution in [0, 0.1) is 23.7 Å². The van der Waals surface area contributed by atoms with Crippen LogP contribution in [0.25, 0.3) is 0 Å². The van der Waals surface area contributed by atoms with Crippen molar-refractivity contribution >= 4 is 23.9 Å². The zero-order valence-corrected chi connectivity index (χ0v) is 28.7. The summed E-state index contributed by atoms with van der Waals surface area (Å²) >= 11 is 0. The Morgan fingerprint density at radius 1 is 0.660 bits per heavy atom. The quantitative estimate of drug-likeness (QED) is 0.125. The molecular formula is C32H54O15. The van der Waals surface area contributed by atoms with Gasteiger partial charge in [0.05, 0.1) is 6.61 Å². The van der Waals surface area contributed by atoms with E-state index >= 15 is 0 Å². The summed E-state index contributed by atoms with van der Waals surface area (Å²) in [7, 11) is 0. The van der Waals surface area contributed by atoms with E-state index in [4.69, 9.17) is 33.2 Å². The van der Waals surface area contributed by atoms with E-state index in [1.165, 1.54) is 0 Å². The summed E-state index contributed by atoms with van der Waals surface area (Å²) in [5.74, 6) is -5.51. The second-order valence-electron chi connectivity index (χ2n) is 13.9. The molecule has 4 N–H and O–H groups in total. The molecule has 47 heavy (non-hydrogen) atoms. The van der Waals surface area contributed by atoms with Crippen molar-refractivity contribution in [2.45, 2.75) is 136 Å². The third kappa shape index (κ3) is 12.2. The van der Waals surface area contributed by atoms with Gasteiger partial charge in [0, 0.05) is 25.7 Å². The molecule has 0 aliphatic carbocycles. The number of rotatable bonds is 17. The van der Waals surface area contributed by atoms with Crippen molar-refractivity contribution in [3.05, 3.63) is 0 Å². The number of hydrogen-bond donors (Lipinski definition) is 4. The van der Waals surface area contributed by atoms with E-state index in [9.17, 15) is 39.6 Å². The molecule has 0 unspecified atom stereocenters. The maximum absolute atomic E-state index is 12.8. The summed E-state index contributed by atoms with van der Waals surface area (Å²) in [4.78, 5) is 50.6. The highest BCUT2D eigenvalue weighted by Crippen LogP contribution is 2.39. The van der Waals surface area contributed by atoms with Gasteiger partial charge in [0.25, 0.3) is 0 Å². The van der Waals surface area contributed by atoms with Crippen LogP contribution in [0.1, 0.15) is 81.1 Å². The van der Waals surface area contributed by atoms with E-state index in [-0.39, 0.29) is 49.4 Å². The fraction of sp³-hybridized carbons (Fsp3) is 0.875. The van der Waals surface area contributed by atoms with Gasteiger partial charge in [0.2, 0.25) is 12.1 Å². The summed E-state index contributed by atoms with van der Waals surface area (Å²) in [6, 6.07) is 0. The van der Waals surface area contributed by atoms with Crippen LogP contribution in [-0.4, -0.2) is 119 Å². The largest absolute Gasteiger partial charge is 0.463 e. The van der Waals surface area contributed by atoms with Crippen molar-refractivity contribution < 1.29 is 72.8 Å². The molecule has 9 atom stereocenters. The Kier molecular flexibility index (Phi) is 16.0. The van der Waals surface area contributed by atoms with Crippen LogP contribution >= 0.6 is 0 Å². The van der Waals surface area contributed by atoms with Crippen LogP contribution in [0.4, 0.5) is 0 Å². The number of ether oxygens (including phenoxy) is 7. The van der Waals surface area contributed by atoms with Crippen molar-refractivity contribution in [3.8, 4) is 0 Å². The van der Waals surface area contributed by atoms with Gasteiger partial charge in [-0.1, -0.05) is 55.4 Å². The fourth-order valence-corrected chi connectivity index (χ4v) is 5.05. The Morgan fingerprint density at radius 3 is 1.62 bits per heavy atom. The molecule has 0 aromatic rings. The first-order valence-corrected chi connectivity index (χ1v) is 16.2. The maximum atomic E-state index is 12.8. The SMILES string of the molecule is CC(C)CC(=O)OC[C@H]1O[C@@](COC(=O)CC(C)C)(O[C@H]2O[C@H](CO)[C@@H](O)[C@H](O)[C@H]2OC(=O)CC(C)C)[C@@H](O)[C@@H]1OC(=O)CC(C)C. The van der Waals surface area contributed by atoms with Crippen molar-refractivity contribution in [1.82, 2.24) is 0 Å². The van der Waals surface area contributed by atoms with Gasteiger partial charge in [-0.25, -0.2) is 0 Å². The molecule has 2 saturated heterocycles. The predicted molar refractivity (Wildman–Crippen MR) is 162 cm³/mol. The van der Waals surface area contributed by atoms with Crippen LogP contribution in [0.3, 0.4) is 0 Å². The molecule has 2 rings (SSSR count). The van der Waals surface area contributed by atoms with Crippen LogP contribution in [0.2, 0.25) is 0 Å². The molecule has 272 valence electrons. The Labute approximate surface area is 276 Å².